The van der Waals surface area contributed by atoms with Gasteiger partial charge in [-0.05, 0) is 94.8 Å². The fourth-order valence-electron chi connectivity index (χ4n) is 20.5. The molecule has 115 heavy (non-hydrogen) atoms. The highest BCUT2D eigenvalue weighted by molar-refractivity contribution is 7.41. The average molecular weight is 1640 g/mol. The minimum absolute atomic E-state index is 0.265. The first-order valence-electron chi connectivity index (χ1n) is 55.6. The number of hydrogen-bond acceptors (Lipinski definition) is 3. The first-order chi connectivity index (χ1) is 56.7. The van der Waals surface area contributed by atoms with Crippen molar-refractivity contribution in [1.29, 1.82) is 0 Å². The van der Waals surface area contributed by atoms with Crippen LogP contribution in [0, 0.1) is 17.8 Å². The molecule has 3 atom stereocenters. The van der Waals surface area contributed by atoms with E-state index in [2.05, 4.69) is 83.1 Å². The van der Waals surface area contributed by atoms with Gasteiger partial charge in [0, 0.05) is 0 Å². The Labute approximate surface area is 732 Å². The summed E-state index contributed by atoms with van der Waals surface area (Å²) in [6.45, 7) is 29.0. The molecule has 0 heterocycles. The van der Waals surface area contributed by atoms with E-state index >= 15 is 0 Å². The van der Waals surface area contributed by atoms with Gasteiger partial charge >= 0.3 is 8.60 Å². The van der Waals surface area contributed by atoms with Crippen LogP contribution in [0.1, 0.15) is 680 Å². The van der Waals surface area contributed by atoms with Crippen LogP contribution in [0.3, 0.4) is 0 Å². The molecule has 3 nitrogen and oxygen atoms in total. The number of hydrogen-bond donors (Lipinski definition) is 0. The molecule has 3 unspecified atom stereocenters. The van der Waals surface area contributed by atoms with Crippen molar-refractivity contribution < 1.29 is 13.6 Å². The third-order valence-corrected chi connectivity index (χ3v) is 29.9. The zero-order valence-electron chi connectivity index (χ0n) is 82.7. The lowest BCUT2D eigenvalue weighted by Crippen LogP contribution is -2.46. The molecule has 0 bridgehead atoms. The Bertz CT molecular complexity index is 1530. The van der Waals surface area contributed by atoms with Crippen LogP contribution in [-0.4, -0.2) is 16.8 Å². The van der Waals surface area contributed by atoms with E-state index in [9.17, 15) is 13.6 Å². The highest BCUT2D eigenvalue weighted by Crippen LogP contribution is 2.62. The van der Waals surface area contributed by atoms with Crippen LogP contribution < -0.4 is 0 Å². The lowest BCUT2D eigenvalue weighted by Gasteiger charge is -2.50. The van der Waals surface area contributed by atoms with Gasteiger partial charge in [-0.1, -0.05) is 603 Å². The van der Waals surface area contributed by atoms with Gasteiger partial charge in [0.15, 0.2) is 0 Å². The molecule has 0 amide bonds. The SMILES string of the molecule is CCCCCCCCCC(CCCCCCCC)C(CCCCCCCCC)(CCCCCCCCC)OP(OC(CCCCCCCCC)(CCCCCCCCC)C(CCCCCCCC)CCCCCCCCC)OC(CCCCCCCCC)(CCCCCCCCC)C(CCCCCCCC)CCCCCCCCC. The molecule has 692 valence electrons. The van der Waals surface area contributed by atoms with Crippen LogP contribution >= 0.6 is 8.60 Å². The Morgan fingerprint density at radius 3 is 0.339 bits per heavy atom. The van der Waals surface area contributed by atoms with Gasteiger partial charge in [0.1, 0.15) is 0 Å². The van der Waals surface area contributed by atoms with E-state index in [4.69, 9.17) is 0 Å². The molecule has 0 aliphatic rings. The molecular formula is C111H225O3P. The number of rotatable bonds is 102. The first-order valence-corrected chi connectivity index (χ1v) is 56.7. The maximum absolute atomic E-state index is 9.42. The largest absolute Gasteiger partial charge is 0.334 e. The second-order valence-corrected chi connectivity index (χ2v) is 40.4. The monoisotopic (exact) mass is 1640 g/mol. The lowest BCUT2D eigenvalue weighted by molar-refractivity contribution is -0.111. The van der Waals surface area contributed by atoms with Crippen LogP contribution in [0.5, 0.6) is 0 Å². The maximum Gasteiger partial charge on any atom is 0.334 e. The van der Waals surface area contributed by atoms with Gasteiger partial charge in [-0.25, -0.2) is 0 Å². The van der Waals surface area contributed by atoms with E-state index in [1.54, 1.807) is 0 Å². The molecule has 0 saturated heterocycles. The van der Waals surface area contributed by atoms with Crippen molar-refractivity contribution in [3.63, 3.8) is 0 Å². The zero-order valence-corrected chi connectivity index (χ0v) is 83.6. The molecule has 0 spiro atoms. The summed E-state index contributed by atoms with van der Waals surface area (Å²) in [7, 11) is -1.78. The van der Waals surface area contributed by atoms with Crippen molar-refractivity contribution in [3.05, 3.63) is 0 Å². The Balaban J connectivity index is 10.4. The molecule has 0 N–H and O–H groups in total. The summed E-state index contributed by atoms with van der Waals surface area (Å²) in [5, 5.41) is 0. The van der Waals surface area contributed by atoms with Crippen molar-refractivity contribution in [1.82, 2.24) is 0 Å². The highest BCUT2D eigenvalue weighted by Gasteiger charge is 2.51. The standard InChI is InChI=1S/C111H225O3P/c1-13-25-37-49-61-73-85-97-106(94-82-70-58-46-34-22-10)109(100-88-76-64-52-40-28-16-4,101-89-77-65-53-41-29-17-5)112-115(113-110(102-90-78-66-54-42-30-18-6,103-91-79-67-55-43-31-19-7)107(95-83-71-59-47-35-23-11)98-86-74-62-50-38-26-14-2)114-111(104-92-80-68-56-44-32-20-8,105-93-81-69-57-45-33-21-9)108(96-84-72-60-48-36-24-12)99-87-75-63-51-39-27-15-3/h106-108H,13-105H2,1-12H3. The lowest BCUT2D eigenvalue weighted by atomic mass is 9.74. The van der Waals surface area contributed by atoms with Crippen molar-refractivity contribution in [3.8, 4) is 0 Å². The first kappa shape index (κ1) is 115. The second kappa shape index (κ2) is 92.0. The second-order valence-electron chi connectivity index (χ2n) is 39.4. The molecule has 0 saturated carbocycles. The van der Waals surface area contributed by atoms with Crippen molar-refractivity contribution in [2.24, 2.45) is 17.8 Å². The minimum Gasteiger partial charge on any atom is -0.305 e. The zero-order chi connectivity index (χ0) is 83.7. The van der Waals surface area contributed by atoms with E-state index in [1.807, 2.05) is 0 Å². The molecule has 0 aromatic rings. The van der Waals surface area contributed by atoms with E-state index in [-0.39, 0.29) is 16.8 Å². The summed E-state index contributed by atoms with van der Waals surface area (Å²) in [5.41, 5.74) is -0.794. The summed E-state index contributed by atoms with van der Waals surface area (Å²) < 4.78 is 28.2. The Kier molecular flexibility index (Phi) is 92.2. The molecular weight excluding hydrogens is 1410 g/mol. The molecule has 0 aromatic carbocycles. The predicted molar refractivity (Wildman–Crippen MR) is 526 cm³/mol. The molecule has 0 aliphatic heterocycles. The average Bonchev–Trinajstić information content (AvgIpc) is 0.783. The molecule has 0 rings (SSSR count). The molecule has 0 radical (unpaired) electrons. The summed E-state index contributed by atoms with van der Waals surface area (Å²) in [6.07, 6.45) is 127. The Morgan fingerprint density at radius 2 is 0.226 bits per heavy atom. The van der Waals surface area contributed by atoms with E-state index < -0.39 is 8.60 Å². The predicted octanol–water partition coefficient (Wildman–Crippen LogP) is 42.8. The van der Waals surface area contributed by atoms with Gasteiger partial charge in [-0.3, -0.25) is 0 Å². The van der Waals surface area contributed by atoms with Gasteiger partial charge in [-0.2, -0.15) is 0 Å². The summed E-state index contributed by atoms with van der Waals surface area (Å²) in [4.78, 5) is 0. The van der Waals surface area contributed by atoms with E-state index in [0.717, 1.165) is 0 Å². The van der Waals surface area contributed by atoms with Gasteiger partial charge < -0.3 is 13.6 Å². The fourth-order valence-corrected chi connectivity index (χ4v) is 22.5. The molecule has 0 aromatic heterocycles. The normalized spacial score (nSPS) is 13.5. The van der Waals surface area contributed by atoms with E-state index in [0.29, 0.717) is 17.8 Å². The van der Waals surface area contributed by atoms with Gasteiger partial charge in [0.05, 0.1) is 16.8 Å². The smallest absolute Gasteiger partial charge is 0.305 e. The van der Waals surface area contributed by atoms with Crippen LogP contribution in [0.2, 0.25) is 0 Å². The van der Waals surface area contributed by atoms with Crippen LogP contribution in [-0.2, 0) is 13.6 Å². The third-order valence-electron chi connectivity index (χ3n) is 28.4. The summed E-state index contributed by atoms with van der Waals surface area (Å²) in [5.74, 6) is 1.60. The van der Waals surface area contributed by atoms with Gasteiger partial charge in [-0.15, -0.1) is 0 Å². The fraction of sp³-hybridized carbons (Fsp3) is 1.00. The van der Waals surface area contributed by atoms with Crippen LogP contribution in [0.4, 0.5) is 0 Å². The van der Waals surface area contributed by atoms with Gasteiger partial charge in [0.25, 0.3) is 0 Å². The summed E-state index contributed by atoms with van der Waals surface area (Å²) >= 11 is 0. The molecule has 0 aliphatic carbocycles. The van der Waals surface area contributed by atoms with E-state index in [1.165, 1.54) is 597 Å². The Morgan fingerprint density at radius 1 is 0.130 bits per heavy atom. The Hall–Kier alpha value is 0.310. The third kappa shape index (κ3) is 69.2. The quantitative estimate of drug-likeness (QED) is 0.0449. The van der Waals surface area contributed by atoms with Gasteiger partial charge in [0.2, 0.25) is 0 Å². The van der Waals surface area contributed by atoms with Crippen molar-refractivity contribution >= 4 is 8.60 Å². The topological polar surface area (TPSA) is 27.7 Å². The van der Waals surface area contributed by atoms with Crippen molar-refractivity contribution in [2.45, 2.75) is 697 Å². The summed E-state index contributed by atoms with van der Waals surface area (Å²) in [6, 6.07) is 0. The maximum atomic E-state index is 9.42. The van der Waals surface area contributed by atoms with Crippen molar-refractivity contribution in [2.75, 3.05) is 0 Å². The van der Waals surface area contributed by atoms with Crippen LogP contribution in [0.15, 0.2) is 0 Å². The number of unbranched alkanes of at least 4 members (excludes halogenated alkanes) is 69. The highest BCUT2D eigenvalue weighted by atomic mass is 31.2. The molecule has 0 fully saturated rings. The minimum atomic E-state index is -1.78. The van der Waals surface area contributed by atoms with Crippen LogP contribution in [0.25, 0.3) is 0 Å². The molecule has 4 heteroatoms.